The van der Waals surface area contributed by atoms with Crippen molar-refractivity contribution >= 4 is 0 Å². The second kappa shape index (κ2) is 4.71. The average Bonchev–Trinajstić information content (AvgIpc) is 2.74. The van der Waals surface area contributed by atoms with Crippen LogP contribution in [0.25, 0.3) is 0 Å². The molecule has 4 aliphatic rings. The summed E-state index contributed by atoms with van der Waals surface area (Å²) in [5, 5.41) is 20.3. The highest BCUT2D eigenvalue weighted by Gasteiger charge is 2.56. The smallest absolute Gasteiger partial charge is 0.0596 e. The summed E-state index contributed by atoms with van der Waals surface area (Å²) >= 11 is 0. The maximum atomic E-state index is 10.4. The van der Waals surface area contributed by atoms with Crippen LogP contribution in [0.15, 0.2) is 0 Å². The molecule has 0 bridgehead atoms. The van der Waals surface area contributed by atoms with E-state index in [0.717, 1.165) is 48.9 Å². The summed E-state index contributed by atoms with van der Waals surface area (Å²) in [5.74, 6) is 4.26. The van der Waals surface area contributed by atoms with Gasteiger partial charge >= 0.3 is 0 Å². The molecule has 0 aromatic carbocycles. The lowest BCUT2D eigenvalue weighted by Gasteiger charge is -2.55. The largest absolute Gasteiger partial charge is 0.393 e. The normalized spacial score (nSPS) is 58.6. The lowest BCUT2D eigenvalue weighted by molar-refractivity contribution is -0.0913. The van der Waals surface area contributed by atoms with Gasteiger partial charge in [0.25, 0.3) is 0 Å². The van der Waals surface area contributed by atoms with Gasteiger partial charge < -0.3 is 10.2 Å². The number of aliphatic hydroxyl groups excluding tert-OH is 2. The van der Waals surface area contributed by atoms with E-state index in [1.165, 1.54) is 38.5 Å². The second-order valence-corrected chi connectivity index (χ2v) is 8.54. The molecule has 0 radical (unpaired) electrons. The Morgan fingerprint density at radius 1 is 0.800 bits per heavy atom. The van der Waals surface area contributed by atoms with E-state index in [0.29, 0.717) is 0 Å². The molecule has 4 fully saturated rings. The van der Waals surface area contributed by atoms with Crippen LogP contribution in [-0.4, -0.2) is 22.4 Å². The van der Waals surface area contributed by atoms with Gasteiger partial charge in [0.1, 0.15) is 0 Å². The Labute approximate surface area is 123 Å². The zero-order valence-electron chi connectivity index (χ0n) is 12.8. The number of fused-ring (bicyclic) bond motifs is 5. The molecule has 1 unspecified atom stereocenters. The summed E-state index contributed by atoms with van der Waals surface area (Å²) < 4.78 is 0. The summed E-state index contributed by atoms with van der Waals surface area (Å²) in [6.45, 7) is 2.36. The van der Waals surface area contributed by atoms with E-state index < -0.39 is 0 Å². The number of hydrogen-bond acceptors (Lipinski definition) is 2. The minimum atomic E-state index is -0.0423. The molecule has 2 N–H and O–H groups in total. The molecule has 0 amide bonds. The third-order valence-corrected chi connectivity index (χ3v) is 7.88. The zero-order chi connectivity index (χ0) is 13.9. The van der Waals surface area contributed by atoms with Gasteiger partial charge in [-0.1, -0.05) is 6.92 Å². The Bertz CT molecular complexity index is 382. The van der Waals surface area contributed by atoms with E-state index in [-0.39, 0.29) is 17.6 Å². The van der Waals surface area contributed by atoms with Crippen LogP contribution in [-0.2, 0) is 0 Å². The first-order chi connectivity index (χ1) is 9.59. The molecular weight excluding hydrogens is 248 g/mol. The van der Waals surface area contributed by atoms with Crippen LogP contribution in [0.3, 0.4) is 0 Å². The van der Waals surface area contributed by atoms with Crippen molar-refractivity contribution in [2.75, 3.05) is 0 Å². The van der Waals surface area contributed by atoms with E-state index in [9.17, 15) is 10.2 Å². The fourth-order valence-electron chi connectivity index (χ4n) is 6.80. The fourth-order valence-corrected chi connectivity index (χ4v) is 6.80. The van der Waals surface area contributed by atoms with Crippen LogP contribution in [0.1, 0.15) is 64.7 Å². The van der Waals surface area contributed by atoms with Gasteiger partial charge in [-0.05, 0) is 92.8 Å². The summed E-state index contributed by atoms with van der Waals surface area (Å²) in [6, 6.07) is 0. The van der Waals surface area contributed by atoms with Crippen molar-refractivity contribution in [3.63, 3.8) is 0 Å². The van der Waals surface area contributed by atoms with Gasteiger partial charge in [0.2, 0.25) is 0 Å². The molecule has 2 nitrogen and oxygen atoms in total. The minimum absolute atomic E-state index is 0.0186. The molecule has 0 saturated heterocycles. The molecule has 0 aliphatic heterocycles. The van der Waals surface area contributed by atoms with Crippen LogP contribution < -0.4 is 0 Å². The van der Waals surface area contributed by atoms with Crippen molar-refractivity contribution in [3.8, 4) is 0 Å². The molecule has 4 saturated carbocycles. The van der Waals surface area contributed by atoms with E-state index in [4.69, 9.17) is 0 Å². The Hall–Kier alpha value is -0.0800. The third kappa shape index (κ3) is 1.83. The minimum Gasteiger partial charge on any atom is -0.393 e. The lowest BCUT2D eigenvalue weighted by atomic mass is 9.50. The van der Waals surface area contributed by atoms with Crippen molar-refractivity contribution in [2.24, 2.45) is 35.0 Å². The Balaban J connectivity index is 1.57. The summed E-state index contributed by atoms with van der Waals surface area (Å²) in [6.07, 6.45) is 10.9. The summed E-state index contributed by atoms with van der Waals surface area (Å²) in [5.41, 5.74) is 0.224. The van der Waals surface area contributed by atoms with Gasteiger partial charge in [-0.15, -0.1) is 0 Å². The number of aliphatic hydroxyl groups is 2. The quantitative estimate of drug-likeness (QED) is 0.713. The number of rotatable bonds is 0. The van der Waals surface area contributed by atoms with Crippen molar-refractivity contribution in [3.05, 3.63) is 0 Å². The summed E-state index contributed by atoms with van der Waals surface area (Å²) in [7, 11) is 0. The van der Waals surface area contributed by atoms with Crippen LogP contribution >= 0.6 is 0 Å². The van der Waals surface area contributed by atoms with Gasteiger partial charge in [0.15, 0.2) is 0 Å². The van der Waals surface area contributed by atoms with Crippen LogP contribution in [0.4, 0.5) is 0 Å². The van der Waals surface area contributed by atoms with Crippen molar-refractivity contribution in [2.45, 2.75) is 76.9 Å². The first-order valence-electron chi connectivity index (χ1n) is 8.95. The lowest BCUT2D eigenvalue weighted by Crippen LogP contribution is -2.49. The van der Waals surface area contributed by atoms with Crippen LogP contribution in [0.5, 0.6) is 0 Å². The van der Waals surface area contributed by atoms with Crippen molar-refractivity contribution < 1.29 is 10.2 Å². The predicted octanol–water partition coefficient (Wildman–Crippen LogP) is 3.36. The SMILES string of the molecule is C[C@]12CC[C@H]3[C@@H](CCC4C[C@@H](O)CC[C@@H]43)[C@@H]1CC[C@@H]2O. The number of hydrogen-bond donors (Lipinski definition) is 2. The summed E-state index contributed by atoms with van der Waals surface area (Å²) in [4.78, 5) is 0. The maximum Gasteiger partial charge on any atom is 0.0596 e. The topological polar surface area (TPSA) is 40.5 Å². The third-order valence-electron chi connectivity index (χ3n) is 7.88. The first kappa shape index (κ1) is 13.6. The van der Waals surface area contributed by atoms with E-state index in [2.05, 4.69) is 6.92 Å². The molecule has 114 valence electrons. The molecule has 4 rings (SSSR count). The first-order valence-corrected chi connectivity index (χ1v) is 8.95. The van der Waals surface area contributed by atoms with Crippen LogP contribution in [0.2, 0.25) is 0 Å². The highest BCUT2D eigenvalue weighted by atomic mass is 16.3. The van der Waals surface area contributed by atoms with Crippen LogP contribution in [0, 0.1) is 35.0 Å². The van der Waals surface area contributed by atoms with Gasteiger partial charge in [-0.2, -0.15) is 0 Å². The zero-order valence-corrected chi connectivity index (χ0v) is 12.8. The van der Waals surface area contributed by atoms with Gasteiger partial charge in [-0.25, -0.2) is 0 Å². The Kier molecular flexibility index (Phi) is 3.20. The molecule has 0 aromatic rings. The van der Waals surface area contributed by atoms with Gasteiger partial charge in [-0.3, -0.25) is 0 Å². The maximum absolute atomic E-state index is 10.4. The molecule has 2 heteroatoms. The Morgan fingerprint density at radius 2 is 1.60 bits per heavy atom. The molecular formula is C18H30O2. The molecule has 20 heavy (non-hydrogen) atoms. The van der Waals surface area contributed by atoms with Gasteiger partial charge in [0.05, 0.1) is 12.2 Å². The van der Waals surface area contributed by atoms with E-state index in [1.54, 1.807) is 0 Å². The highest BCUT2D eigenvalue weighted by molar-refractivity contribution is 5.06. The fraction of sp³-hybridized carbons (Fsp3) is 1.00. The van der Waals surface area contributed by atoms with Gasteiger partial charge in [0, 0.05) is 0 Å². The molecule has 0 aromatic heterocycles. The molecule has 0 spiro atoms. The molecule has 4 aliphatic carbocycles. The molecule has 0 heterocycles. The highest BCUT2D eigenvalue weighted by Crippen LogP contribution is 2.62. The predicted molar refractivity (Wildman–Crippen MR) is 79.1 cm³/mol. The monoisotopic (exact) mass is 278 g/mol. The van der Waals surface area contributed by atoms with E-state index >= 15 is 0 Å². The standard InChI is InChI=1S/C18H30O2/c1-18-9-8-14-13-5-3-12(19)10-11(13)2-4-15(14)16(18)6-7-17(18)20/h11-17,19-20H,2-10H2,1H3/t11?,12-,13-,14+,15+,16-,17-,18-/m0/s1. The van der Waals surface area contributed by atoms with E-state index in [1.807, 2.05) is 0 Å². The average molecular weight is 278 g/mol. The Morgan fingerprint density at radius 3 is 2.45 bits per heavy atom. The van der Waals surface area contributed by atoms with Crippen molar-refractivity contribution in [1.29, 1.82) is 0 Å². The molecule has 8 atom stereocenters. The van der Waals surface area contributed by atoms with Crippen molar-refractivity contribution in [1.82, 2.24) is 0 Å². The second-order valence-electron chi connectivity index (χ2n) is 8.54.